The molecule has 0 spiro atoms. The first-order valence-electron chi connectivity index (χ1n) is 7.26. The fourth-order valence-electron chi connectivity index (χ4n) is 1.78. The second-order valence-corrected chi connectivity index (χ2v) is 5.73. The summed E-state index contributed by atoms with van der Waals surface area (Å²) in [7, 11) is 0. The summed E-state index contributed by atoms with van der Waals surface area (Å²) in [6, 6.07) is 10.7. The van der Waals surface area contributed by atoms with Crippen molar-refractivity contribution in [3.63, 3.8) is 0 Å². The van der Waals surface area contributed by atoms with E-state index >= 15 is 0 Å². The number of nitro benzene ring substituents is 1. The highest BCUT2D eigenvalue weighted by molar-refractivity contribution is 6.35. The second-order valence-electron chi connectivity index (χ2n) is 4.88. The zero-order valence-electron chi connectivity index (χ0n) is 13.3. The predicted molar refractivity (Wildman–Crippen MR) is 101 cm³/mol. The van der Waals surface area contributed by atoms with Gasteiger partial charge in [-0.3, -0.25) is 14.9 Å². The molecule has 0 aromatic heterocycles. The predicted octanol–water partition coefficient (Wildman–Crippen LogP) is 4.10. The molecule has 26 heavy (non-hydrogen) atoms. The fourth-order valence-corrected chi connectivity index (χ4v) is 2.24. The minimum atomic E-state index is -0.468. The van der Waals surface area contributed by atoms with Crippen molar-refractivity contribution in [2.75, 3.05) is 6.61 Å². The Morgan fingerprint density at radius 3 is 2.62 bits per heavy atom. The van der Waals surface area contributed by atoms with E-state index < -0.39 is 10.8 Å². The van der Waals surface area contributed by atoms with Crippen LogP contribution in [0, 0.1) is 10.1 Å². The Morgan fingerprint density at radius 2 is 1.96 bits per heavy atom. The summed E-state index contributed by atoms with van der Waals surface area (Å²) in [4.78, 5) is 21.7. The molecule has 7 nitrogen and oxygen atoms in total. The number of carbonyl (C=O) groups is 1. The van der Waals surface area contributed by atoms with Crippen LogP contribution in [0.4, 0.5) is 5.69 Å². The number of benzene rings is 2. The van der Waals surface area contributed by atoms with Crippen LogP contribution >= 0.6 is 23.2 Å². The molecule has 0 aliphatic heterocycles. The van der Waals surface area contributed by atoms with Crippen molar-refractivity contribution in [1.82, 2.24) is 5.43 Å². The second kappa shape index (κ2) is 9.55. The van der Waals surface area contributed by atoms with E-state index in [4.69, 9.17) is 27.9 Å². The normalized spacial score (nSPS) is 11.0. The van der Waals surface area contributed by atoms with Gasteiger partial charge in [0.15, 0.2) is 6.61 Å². The Morgan fingerprint density at radius 1 is 1.23 bits per heavy atom. The van der Waals surface area contributed by atoms with Crippen LogP contribution in [-0.2, 0) is 4.79 Å². The lowest BCUT2D eigenvalue weighted by atomic mass is 10.2. The van der Waals surface area contributed by atoms with Crippen LogP contribution in [0.5, 0.6) is 5.75 Å². The zero-order valence-corrected chi connectivity index (χ0v) is 14.8. The largest absolute Gasteiger partial charge is 0.482 e. The van der Waals surface area contributed by atoms with Crippen molar-refractivity contribution >= 4 is 47.1 Å². The molecule has 0 aliphatic rings. The van der Waals surface area contributed by atoms with E-state index in [2.05, 4.69) is 10.5 Å². The van der Waals surface area contributed by atoms with E-state index in [1.165, 1.54) is 24.4 Å². The minimum Gasteiger partial charge on any atom is -0.482 e. The van der Waals surface area contributed by atoms with E-state index in [9.17, 15) is 14.9 Å². The molecule has 0 atom stereocenters. The molecule has 0 bridgehead atoms. The van der Waals surface area contributed by atoms with E-state index in [1.807, 2.05) is 0 Å². The molecular formula is C17H13Cl2N3O4. The number of nitrogens with one attached hydrogen (secondary N) is 1. The maximum atomic E-state index is 11.6. The van der Waals surface area contributed by atoms with Gasteiger partial charge in [0.2, 0.25) is 0 Å². The summed E-state index contributed by atoms with van der Waals surface area (Å²) in [6.07, 6.45) is 4.64. The first-order valence-corrected chi connectivity index (χ1v) is 8.02. The first kappa shape index (κ1) is 19.4. The molecule has 0 heterocycles. The minimum absolute atomic E-state index is 0.0175. The molecule has 134 valence electrons. The molecule has 0 saturated carbocycles. The van der Waals surface area contributed by atoms with Crippen LogP contribution in [0.15, 0.2) is 53.6 Å². The molecule has 1 amide bonds. The highest BCUT2D eigenvalue weighted by Gasteiger charge is 2.05. The van der Waals surface area contributed by atoms with Gasteiger partial charge in [-0.15, -0.1) is 0 Å². The highest BCUT2D eigenvalue weighted by atomic mass is 35.5. The summed E-state index contributed by atoms with van der Waals surface area (Å²) < 4.78 is 5.26. The fraction of sp³-hybridized carbons (Fsp3) is 0.0588. The maximum absolute atomic E-state index is 11.6. The first-order chi connectivity index (χ1) is 12.5. The Hall–Kier alpha value is -2.90. The van der Waals surface area contributed by atoms with Crippen LogP contribution in [0.1, 0.15) is 5.56 Å². The molecule has 0 radical (unpaired) electrons. The molecule has 0 saturated heterocycles. The van der Waals surface area contributed by atoms with E-state index in [0.717, 1.165) is 5.56 Å². The molecule has 2 aromatic carbocycles. The molecule has 0 fully saturated rings. The molecule has 2 rings (SSSR count). The number of nitro groups is 1. The maximum Gasteiger partial charge on any atom is 0.277 e. The number of hydrogen-bond acceptors (Lipinski definition) is 5. The third-order valence-electron chi connectivity index (χ3n) is 3.00. The summed E-state index contributed by atoms with van der Waals surface area (Å²) in [5.41, 5.74) is 3.07. The SMILES string of the molecule is O=C(COc1ccc(Cl)cc1Cl)NN=CC=Cc1ccc([N+](=O)[O-])cc1. The number of hydrogen-bond donors (Lipinski definition) is 1. The topological polar surface area (TPSA) is 93.8 Å². The van der Waals surface area contributed by atoms with Crippen LogP contribution in [0.25, 0.3) is 6.08 Å². The van der Waals surface area contributed by atoms with Crippen LogP contribution in [0.3, 0.4) is 0 Å². The summed E-state index contributed by atoms with van der Waals surface area (Å²) >= 11 is 11.7. The Labute approximate surface area is 159 Å². The van der Waals surface area contributed by atoms with E-state index in [-0.39, 0.29) is 12.3 Å². The van der Waals surface area contributed by atoms with E-state index in [1.54, 1.807) is 36.4 Å². The zero-order chi connectivity index (χ0) is 18.9. The third kappa shape index (κ3) is 6.19. The van der Waals surface area contributed by atoms with Gasteiger partial charge in [0.1, 0.15) is 5.75 Å². The smallest absolute Gasteiger partial charge is 0.277 e. The monoisotopic (exact) mass is 393 g/mol. The number of allylic oxidation sites excluding steroid dienone is 1. The van der Waals surface area contributed by atoms with E-state index in [0.29, 0.717) is 15.8 Å². The highest BCUT2D eigenvalue weighted by Crippen LogP contribution is 2.27. The van der Waals surface area contributed by atoms with Crippen molar-refractivity contribution in [3.05, 3.63) is 74.3 Å². The van der Waals surface area contributed by atoms with Gasteiger partial charge >= 0.3 is 0 Å². The lowest BCUT2D eigenvalue weighted by molar-refractivity contribution is -0.384. The summed E-state index contributed by atoms with van der Waals surface area (Å²) in [5.74, 6) is -0.121. The molecule has 0 aliphatic carbocycles. The van der Waals surface area contributed by atoms with Gasteiger partial charge in [-0.25, -0.2) is 5.43 Å². The summed E-state index contributed by atoms with van der Waals surface area (Å²) in [5, 5.41) is 15.1. The average Bonchev–Trinajstić information content (AvgIpc) is 2.61. The Balaban J connectivity index is 1.76. The average molecular weight is 394 g/mol. The number of hydrazone groups is 1. The molecule has 9 heteroatoms. The van der Waals surface area contributed by atoms with Gasteiger partial charge in [-0.05, 0) is 42.0 Å². The number of ether oxygens (including phenoxy) is 1. The number of halogens is 2. The van der Waals surface area contributed by atoms with Gasteiger partial charge in [-0.2, -0.15) is 5.10 Å². The van der Waals surface area contributed by atoms with Gasteiger partial charge < -0.3 is 4.74 Å². The lowest BCUT2D eigenvalue weighted by Crippen LogP contribution is -2.24. The molecule has 2 aromatic rings. The number of non-ortho nitro benzene ring substituents is 1. The van der Waals surface area contributed by atoms with Crippen molar-refractivity contribution in [2.45, 2.75) is 0 Å². The number of nitrogens with zero attached hydrogens (tertiary/aromatic N) is 2. The van der Waals surface area contributed by atoms with Gasteiger partial charge in [-0.1, -0.05) is 29.3 Å². The van der Waals surface area contributed by atoms with Crippen molar-refractivity contribution in [2.24, 2.45) is 5.10 Å². The van der Waals surface area contributed by atoms with Crippen LogP contribution < -0.4 is 10.2 Å². The van der Waals surface area contributed by atoms with Crippen LogP contribution in [-0.4, -0.2) is 23.7 Å². The van der Waals surface area contributed by atoms with Gasteiger partial charge in [0.25, 0.3) is 11.6 Å². The quantitative estimate of drug-likeness (QED) is 0.435. The van der Waals surface area contributed by atoms with Crippen molar-refractivity contribution in [3.8, 4) is 5.75 Å². The standard InChI is InChI=1S/C17H13Cl2N3O4/c18-13-5-8-16(15(19)10-13)26-11-17(23)21-20-9-1-2-12-3-6-14(7-4-12)22(24)25/h1-10H,11H2,(H,21,23). The molecule has 1 N–H and O–H groups in total. The van der Waals surface area contributed by atoms with Crippen molar-refractivity contribution < 1.29 is 14.5 Å². The number of carbonyl (C=O) groups excluding carboxylic acids is 1. The Kier molecular flexibility index (Phi) is 7.13. The summed E-state index contributed by atoms with van der Waals surface area (Å²) in [6.45, 7) is -0.259. The molecular weight excluding hydrogens is 381 g/mol. The number of rotatable bonds is 7. The third-order valence-corrected chi connectivity index (χ3v) is 3.53. The number of amides is 1. The Bertz CT molecular complexity index is 852. The van der Waals surface area contributed by atoms with Crippen LogP contribution in [0.2, 0.25) is 10.0 Å². The van der Waals surface area contributed by atoms with Crippen molar-refractivity contribution in [1.29, 1.82) is 0 Å². The molecule has 0 unspecified atom stereocenters. The lowest BCUT2D eigenvalue weighted by Gasteiger charge is -2.06. The van der Waals surface area contributed by atoms with Gasteiger partial charge in [0.05, 0.1) is 9.95 Å². The van der Waals surface area contributed by atoms with Gasteiger partial charge in [0, 0.05) is 23.4 Å².